The van der Waals surface area contributed by atoms with Crippen LogP contribution in [0.2, 0.25) is 5.02 Å². The Hall–Kier alpha value is -4.37. The third-order valence-electron chi connectivity index (χ3n) is 4.81. The molecule has 0 fully saturated rings. The Bertz CT molecular complexity index is 1530. The predicted molar refractivity (Wildman–Crippen MR) is 120 cm³/mol. The van der Waals surface area contributed by atoms with E-state index >= 15 is 0 Å². The average Bonchev–Trinajstić information content (AvgIpc) is 2.75. The summed E-state index contributed by atoms with van der Waals surface area (Å²) in [5.74, 6) is -3.07. The summed E-state index contributed by atoms with van der Waals surface area (Å²) in [5, 5.41) is 11.4. The van der Waals surface area contributed by atoms with Gasteiger partial charge in [-0.3, -0.25) is 9.36 Å². The Morgan fingerprint density at radius 1 is 1.09 bits per heavy atom. The van der Waals surface area contributed by atoms with Crippen LogP contribution in [-0.2, 0) is 6.42 Å². The van der Waals surface area contributed by atoms with Gasteiger partial charge in [-0.25, -0.2) is 18.2 Å². The summed E-state index contributed by atoms with van der Waals surface area (Å²) < 4.78 is 43.4. The second-order valence-electron chi connectivity index (χ2n) is 7.03. The van der Waals surface area contributed by atoms with Crippen LogP contribution in [0.3, 0.4) is 0 Å². The second kappa shape index (κ2) is 8.87. The van der Waals surface area contributed by atoms with Gasteiger partial charge in [0.2, 0.25) is 5.95 Å². The molecule has 0 aliphatic rings. The average molecular weight is 487 g/mol. The number of anilines is 3. The number of nitriles is 1. The highest BCUT2D eigenvalue weighted by molar-refractivity contribution is 6.31. The lowest BCUT2D eigenvalue weighted by Gasteiger charge is -2.15. The van der Waals surface area contributed by atoms with Gasteiger partial charge in [-0.1, -0.05) is 11.6 Å². The number of hydrogen-bond donors (Lipinski definition) is 3. The molecule has 9 nitrogen and oxygen atoms in total. The third-order valence-corrected chi connectivity index (χ3v) is 5.10. The van der Waals surface area contributed by atoms with Gasteiger partial charge in [0.1, 0.15) is 40.3 Å². The van der Waals surface area contributed by atoms with Crippen molar-refractivity contribution in [3.8, 4) is 11.8 Å². The van der Waals surface area contributed by atoms with E-state index < -0.39 is 28.4 Å². The molecule has 13 heteroatoms. The number of hydrogen-bond acceptors (Lipinski definition) is 8. The van der Waals surface area contributed by atoms with Crippen LogP contribution in [0.5, 0.6) is 0 Å². The molecular formula is C21H14ClF3N8O. The van der Waals surface area contributed by atoms with Gasteiger partial charge in [-0.05, 0) is 24.3 Å². The van der Waals surface area contributed by atoms with Crippen molar-refractivity contribution in [2.45, 2.75) is 6.42 Å². The van der Waals surface area contributed by atoms with Gasteiger partial charge >= 0.3 is 0 Å². The minimum atomic E-state index is -1.00. The molecule has 4 rings (SSSR count). The van der Waals surface area contributed by atoms with E-state index in [2.05, 4.69) is 20.3 Å². The van der Waals surface area contributed by atoms with Gasteiger partial charge in [0.15, 0.2) is 11.6 Å². The molecule has 0 bridgehead atoms. The molecule has 0 spiro atoms. The summed E-state index contributed by atoms with van der Waals surface area (Å²) in [6.45, 7) is 0.0381. The van der Waals surface area contributed by atoms with Crippen LogP contribution in [-0.4, -0.2) is 26.1 Å². The smallest absolute Gasteiger partial charge is 0.269 e. The predicted octanol–water partition coefficient (Wildman–Crippen LogP) is 2.94. The maximum atomic E-state index is 14.7. The van der Waals surface area contributed by atoms with Crippen LogP contribution in [0.25, 0.3) is 16.6 Å². The molecule has 0 atom stereocenters. The van der Waals surface area contributed by atoms with Crippen LogP contribution in [0, 0.1) is 28.8 Å². The topological polar surface area (TPSA) is 149 Å². The molecular weight excluding hydrogens is 473 g/mol. The van der Waals surface area contributed by atoms with Crippen molar-refractivity contribution in [1.82, 2.24) is 19.5 Å². The highest BCUT2D eigenvalue weighted by atomic mass is 35.5. The number of rotatable bonds is 5. The van der Waals surface area contributed by atoms with Crippen molar-refractivity contribution < 1.29 is 13.2 Å². The minimum Gasteiger partial charge on any atom is -0.382 e. The Kier molecular flexibility index (Phi) is 5.95. The van der Waals surface area contributed by atoms with Crippen molar-refractivity contribution in [3.05, 3.63) is 74.5 Å². The van der Waals surface area contributed by atoms with Crippen LogP contribution < -0.4 is 22.3 Å². The monoisotopic (exact) mass is 486 g/mol. The summed E-state index contributed by atoms with van der Waals surface area (Å²) in [7, 11) is 0. The maximum absolute atomic E-state index is 14.7. The van der Waals surface area contributed by atoms with E-state index in [0.717, 1.165) is 16.7 Å². The van der Waals surface area contributed by atoms with Crippen LogP contribution in [0.4, 0.5) is 30.8 Å². The van der Waals surface area contributed by atoms with Gasteiger partial charge in [0.05, 0.1) is 16.2 Å². The maximum Gasteiger partial charge on any atom is 0.269 e. The van der Waals surface area contributed by atoms with Gasteiger partial charge in [-0.15, -0.1) is 0 Å². The summed E-state index contributed by atoms with van der Waals surface area (Å²) in [6, 6.07) is 6.92. The molecule has 0 radical (unpaired) electrons. The largest absolute Gasteiger partial charge is 0.382 e. The van der Waals surface area contributed by atoms with Crippen molar-refractivity contribution >= 4 is 40.1 Å². The molecule has 0 amide bonds. The molecule has 34 heavy (non-hydrogen) atoms. The van der Waals surface area contributed by atoms with E-state index in [1.165, 1.54) is 12.1 Å². The van der Waals surface area contributed by atoms with Crippen LogP contribution in [0.1, 0.15) is 11.4 Å². The van der Waals surface area contributed by atoms with E-state index in [1.807, 2.05) is 6.07 Å². The highest BCUT2D eigenvalue weighted by Gasteiger charge is 2.19. The zero-order valence-electron chi connectivity index (χ0n) is 17.1. The molecule has 172 valence electrons. The number of fused-ring (bicyclic) bond motifs is 1. The van der Waals surface area contributed by atoms with Crippen LogP contribution >= 0.6 is 11.6 Å². The fourth-order valence-corrected chi connectivity index (χ4v) is 3.54. The summed E-state index contributed by atoms with van der Waals surface area (Å²) in [5.41, 5.74) is 10.1. The van der Waals surface area contributed by atoms with E-state index in [0.29, 0.717) is 6.07 Å². The molecule has 5 N–H and O–H groups in total. The first-order valence-electron chi connectivity index (χ1n) is 9.62. The lowest BCUT2D eigenvalue weighted by Crippen LogP contribution is -2.26. The van der Waals surface area contributed by atoms with E-state index in [4.69, 9.17) is 23.1 Å². The number of nitrogen functional groups attached to an aromatic ring is 2. The fraction of sp³-hybridized carbons (Fsp3) is 0.0952. The van der Waals surface area contributed by atoms with Gasteiger partial charge in [-0.2, -0.15) is 15.2 Å². The number of aromatic nitrogens is 4. The zero-order valence-corrected chi connectivity index (χ0v) is 17.9. The molecule has 2 aromatic carbocycles. The Morgan fingerprint density at radius 3 is 2.47 bits per heavy atom. The van der Waals surface area contributed by atoms with E-state index in [1.54, 1.807) is 0 Å². The van der Waals surface area contributed by atoms with Crippen molar-refractivity contribution in [3.63, 3.8) is 0 Å². The lowest BCUT2D eigenvalue weighted by molar-refractivity contribution is 0.580. The Morgan fingerprint density at radius 2 is 1.79 bits per heavy atom. The molecule has 4 aromatic rings. The molecule has 2 heterocycles. The van der Waals surface area contributed by atoms with Crippen molar-refractivity contribution in [2.75, 3.05) is 23.3 Å². The summed E-state index contributed by atoms with van der Waals surface area (Å²) >= 11 is 5.81. The fourth-order valence-electron chi connectivity index (χ4n) is 3.38. The summed E-state index contributed by atoms with van der Waals surface area (Å²) in [4.78, 5) is 25.2. The molecule has 0 aliphatic heterocycles. The third kappa shape index (κ3) is 4.16. The van der Waals surface area contributed by atoms with E-state index in [9.17, 15) is 23.2 Å². The minimum absolute atomic E-state index is 0.00302. The quantitative estimate of drug-likeness (QED) is 0.390. The Balaban J connectivity index is 1.82. The standard InChI is InChI=1S/C21H14ClF3N8O/c22-13-1-2-14-16(17(13)25)20(34)33(11-6-9(23)5-10(24)7-11)15(30-14)3-4-29-19-12(8-26)18(27)31-21(28)32-19/h1-2,5-7H,3-4H2,(H5,27,28,29,31,32). The van der Waals surface area contributed by atoms with Crippen LogP contribution in [0.15, 0.2) is 35.1 Å². The summed E-state index contributed by atoms with van der Waals surface area (Å²) in [6.07, 6.45) is -0.0117. The zero-order chi connectivity index (χ0) is 24.6. The first kappa shape index (κ1) is 22.8. The van der Waals surface area contributed by atoms with Gasteiger partial charge in [0, 0.05) is 19.0 Å². The second-order valence-corrected chi connectivity index (χ2v) is 7.44. The first-order valence-corrected chi connectivity index (χ1v) is 10.0. The molecule has 2 aromatic heterocycles. The molecule has 0 saturated carbocycles. The SMILES string of the molecule is N#Cc1c(N)nc(N)nc1NCCc1nc2ccc(Cl)c(F)c2c(=O)n1-c1cc(F)cc(F)c1. The highest BCUT2D eigenvalue weighted by Crippen LogP contribution is 2.23. The molecule has 0 unspecified atom stereocenters. The van der Waals surface area contributed by atoms with Gasteiger partial charge < -0.3 is 16.8 Å². The van der Waals surface area contributed by atoms with Crippen molar-refractivity contribution in [2.24, 2.45) is 0 Å². The number of nitrogens with zero attached hydrogens (tertiary/aromatic N) is 5. The number of benzene rings is 2. The number of nitrogens with one attached hydrogen (secondary N) is 1. The first-order chi connectivity index (χ1) is 16.2. The van der Waals surface area contributed by atoms with Gasteiger partial charge in [0.25, 0.3) is 5.56 Å². The Labute approximate surface area is 194 Å². The van der Waals surface area contributed by atoms with E-state index in [-0.39, 0.29) is 58.2 Å². The van der Waals surface area contributed by atoms with Crippen molar-refractivity contribution in [1.29, 1.82) is 5.26 Å². The number of nitrogens with two attached hydrogens (primary N) is 2. The lowest BCUT2D eigenvalue weighted by atomic mass is 10.2. The normalized spacial score (nSPS) is 10.9. The number of halogens is 4. The molecule has 0 aliphatic carbocycles. The molecule has 0 saturated heterocycles.